The Labute approximate surface area is 193 Å². The predicted octanol–water partition coefficient (Wildman–Crippen LogP) is 6.08. The summed E-state index contributed by atoms with van der Waals surface area (Å²) in [6.07, 6.45) is -3.50. The van der Waals surface area contributed by atoms with Crippen molar-refractivity contribution in [3.8, 4) is 11.3 Å². The van der Waals surface area contributed by atoms with E-state index in [0.29, 0.717) is 6.07 Å². The summed E-state index contributed by atoms with van der Waals surface area (Å²) in [4.78, 5) is 24.1. The monoisotopic (exact) mass is 492 g/mol. The third-order valence-corrected chi connectivity index (χ3v) is 5.17. The first-order valence-corrected chi connectivity index (χ1v) is 9.86. The highest BCUT2D eigenvalue weighted by Crippen LogP contribution is 2.39. The van der Waals surface area contributed by atoms with Gasteiger partial charge in [-0.25, -0.2) is 18.0 Å². The minimum atomic E-state index is -4.72. The van der Waals surface area contributed by atoms with Crippen molar-refractivity contribution in [3.63, 3.8) is 0 Å². The molecule has 2 aromatic carbocycles. The number of anilines is 1. The van der Waals surface area contributed by atoms with Gasteiger partial charge >= 0.3 is 12.1 Å². The van der Waals surface area contributed by atoms with Gasteiger partial charge in [-0.15, -0.1) is 0 Å². The molecule has 0 atom stereocenters. The smallest absolute Gasteiger partial charge is 0.418 e. The molecular formula is C24H14F6N2O3. The fourth-order valence-corrected chi connectivity index (χ4v) is 3.53. The third kappa shape index (κ3) is 4.57. The van der Waals surface area contributed by atoms with Crippen molar-refractivity contribution < 1.29 is 40.7 Å². The summed E-state index contributed by atoms with van der Waals surface area (Å²) < 4.78 is 87.5. The van der Waals surface area contributed by atoms with Gasteiger partial charge in [0.15, 0.2) is 11.6 Å². The molecule has 0 aliphatic heterocycles. The molecule has 180 valence electrons. The molecule has 2 aromatic heterocycles. The van der Waals surface area contributed by atoms with Crippen LogP contribution in [0.3, 0.4) is 0 Å². The van der Waals surface area contributed by atoms with Gasteiger partial charge in [0, 0.05) is 23.5 Å². The van der Waals surface area contributed by atoms with E-state index in [-0.39, 0.29) is 34.1 Å². The first-order valence-electron chi connectivity index (χ1n) is 9.86. The first kappa shape index (κ1) is 23.9. The number of carbonyl (C=O) groups is 2. The Morgan fingerprint density at radius 1 is 0.886 bits per heavy atom. The molecule has 1 amide bonds. The van der Waals surface area contributed by atoms with Crippen molar-refractivity contribution in [3.05, 3.63) is 94.9 Å². The lowest BCUT2D eigenvalue weighted by Gasteiger charge is -2.12. The summed E-state index contributed by atoms with van der Waals surface area (Å²) in [5, 5.41) is 2.27. The fraction of sp³-hybridized carbons (Fsp3) is 0.0833. The van der Waals surface area contributed by atoms with Gasteiger partial charge in [-0.05, 0) is 42.0 Å². The Morgan fingerprint density at radius 3 is 2.17 bits per heavy atom. The molecule has 0 radical (unpaired) electrons. The lowest BCUT2D eigenvalue weighted by atomic mass is 10.1. The number of pyridine rings is 1. The van der Waals surface area contributed by atoms with Gasteiger partial charge < -0.3 is 14.5 Å². The summed E-state index contributed by atoms with van der Waals surface area (Å²) in [5.41, 5.74) is -1.61. The first-order chi connectivity index (χ1) is 16.5. The van der Waals surface area contributed by atoms with Crippen molar-refractivity contribution in [1.29, 1.82) is 0 Å². The van der Waals surface area contributed by atoms with E-state index in [0.717, 1.165) is 13.2 Å². The molecule has 4 aromatic rings. The van der Waals surface area contributed by atoms with Crippen LogP contribution in [-0.2, 0) is 10.9 Å². The summed E-state index contributed by atoms with van der Waals surface area (Å²) in [5.74, 6) is -5.98. The molecule has 4 rings (SSSR count). The van der Waals surface area contributed by atoms with Crippen LogP contribution in [0.2, 0.25) is 0 Å². The van der Waals surface area contributed by atoms with Crippen molar-refractivity contribution >= 4 is 23.1 Å². The van der Waals surface area contributed by atoms with E-state index >= 15 is 0 Å². The van der Waals surface area contributed by atoms with E-state index in [2.05, 4.69) is 10.1 Å². The summed E-state index contributed by atoms with van der Waals surface area (Å²) in [6.45, 7) is 0. The van der Waals surface area contributed by atoms with Crippen LogP contribution in [0.5, 0.6) is 0 Å². The number of nitrogens with zero attached hydrogens (tertiary/aromatic N) is 1. The molecule has 0 unspecified atom stereocenters. The normalized spacial score (nSPS) is 11.5. The second-order valence-corrected chi connectivity index (χ2v) is 7.39. The van der Waals surface area contributed by atoms with Crippen LogP contribution in [0, 0.1) is 17.5 Å². The number of halogens is 6. The Kier molecular flexibility index (Phi) is 6.01. The fourth-order valence-electron chi connectivity index (χ4n) is 3.53. The number of rotatable bonds is 4. The number of methoxy groups -OCH3 is 1. The molecule has 1 N–H and O–H groups in total. The maximum atomic E-state index is 13.8. The molecule has 0 saturated heterocycles. The number of alkyl halides is 3. The van der Waals surface area contributed by atoms with E-state index in [1.807, 2.05) is 0 Å². The Bertz CT molecular complexity index is 1460. The molecule has 0 aliphatic rings. The minimum Gasteiger partial charge on any atom is -0.465 e. The van der Waals surface area contributed by atoms with Gasteiger partial charge in [0.25, 0.3) is 5.91 Å². The summed E-state index contributed by atoms with van der Waals surface area (Å²) in [7, 11) is 1.14. The molecule has 35 heavy (non-hydrogen) atoms. The molecule has 0 fully saturated rings. The summed E-state index contributed by atoms with van der Waals surface area (Å²) >= 11 is 0. The van der Waals surface area contributed by atoms with Crippen LogP contribution < -0.4 is 5.32 Å². The number of amides is 1. The maximum absolute atomic E-state index is 13.8. The van der Waals surface area contributed by atoms with Crippen LogP contribution in [0.1, 0.15) is 26.3 Å². The number of benzene rings is 2. The van der Waals surface area contributed by atoms with E-state index < -0.39 is 46.6 Å². The van der Waals surface area contributed by atoms with E-state index in [1.54, 1.807) is 0 Å². The average molecular weight is 492 g/mol. The molecule has 0 spiro atoms. The lowest BCUT2D eigenvalue weighted by Crippen LogP contribution is -2.14. The van der Waals surface area contributed by atoms with Gasteiger partial charge in [-0.2, -0.15) is 13.2 Å². The highest BCUT2D eigenvalue weighted by molar-refractivity contribution is 6.04. The van der Waals surface area contributed by atoms with Gasteiger partial charge in [-0.1, -0.05) is 12.1 Å². The predicted molar refractivity (Wildman–Crippen MR) is 113 cm³/mol. The van der Waals surface area contributed by atoms with Gasteiger partial charge in [0.05, 0.1) is 29.5 Å². The van der Waals surface area contributed by atoms with Gasteiger partial charge in [-0.3, -0.25) is 4.79 Å². The highest BCUT2D eigenvalue weighted by Gasteiger charge is 2.36. The van der Waals surface area contributed by atoms with Crippen LogP contribution in [0.4, 0.5) is 32.0 Å². The second kappa shape index (κ2) is 8.82. The van der Waals surface area contributed by atoms with Crippen LogP contribution in [0.25, 0.3) is 16.8 Å². The summed E-state index contributed by atoms with van der Waals surface area (Å²) in [6, 6.07) is 9.30. The van der Waals surface area contributed by atoms with E-state index in [4.69, 9.17) is 0 Å². The molecule has 11 heteroatoms. The van der Waals surface area contributed by atoms with Gasteiger partial charge in [0.1, 0.15) is 5.82 Å². The highest BCUT2D eigenvalue weighted by atomic mass is 19.4. The zero-order valence-electron chi connectivity index (χ0n) is 17.7. The van der Waals surface area contributed by atoms with Gasteiger partial charge in [0.2, 0.25) is 0 Å². The number of aromatic nitrogens is 1. The molecule has 0 aliphatic carbocycles. The number of carbonyl (C=O) groups excluding carboxylic acids is 2. The number of ether oxygens (including phenoxy) is 1. The van der Waals surface area contributed by atoms with Crippen molar-refractivity contribution in [2.75, 3.05) is 12.4 Å². The number of esters is 1. The number of fused-ring (bicyclic) bond motifs is 1. The quantitative estimate of drug-likeness (QED) is 0.213. The Balaban J connectivity index is 1.72. The molecule has 0 bridgehead atoms. The SMILES string of the molecule is COC(=O)c1ccc2cc(C(F)(F)F)c(-c3ccc(NC(=O)c4cc(F)c(F)cc4F)cc3)n2c1. The zero-order valence-corrected chi connectivity index (χ0v) is 17.7. The van der Waals surface area contributed by atoms with Crippen molar-refractivity contribution in [1.82, 2.24) is 4.40 Å². The third-order valence-electron chi connectivity index (χ3n) is 5.17. The van der Waals surface area contributed by atoms with Crippen LogP contribution >= 0.6 is 0 Å². The molecule has 2 heterocycles. The molecule has 5 nitrogen and oxygen atoms in total. The molecular weight excluding hydrogens is 478 g/mol. The van der Waals surface area contributed by atoms with Crippen molar-refractivity contribution in [2.45, 2.75) is 6.18 Å². The Morgan fingerprint density at radius 2 is 1.54 bits per heavy atom. The maximum Gasteiger partial charge on any atom is 0.418 e. The zero-order chi connectivity index (χ0) is 25.5. The average Bonchev–Trinajstić information content (AvgIpc) is 3.20. The standard InChI is InChI=1S/C24H14F6N2O3/c1-35-23(34)13-4-7-15-8-17(24(28,29)30)21(32(15)11-13)12-2-5-14(6-3-12)31-22(33)16-9-19(26)20(27)10-18(16)25/h2-11H,1H3,(H,31,33). The second-order valence-electron chi connectivity index (χ2n) is 7.39. The number of hydrogen-bond acceptors (Lipinski definition) is 3. The molecule has 0 saturated carbocycles. The van der Waals surface area contributed by atoms with E-state index in [1.165, 1.54) is 47.0 Å². The lowest BCUT2D eigenvalue weighted by molar-refractivity contribution is -0.137. The topological polar surface area (TPSA) is 59.8 Å². The van der Waals surface area contributed by atoms with Crippen LogP contribution in [0.15, 0.2) is 60.8 Å². The van der Waals surface area contributed by atoms with Crippen LogP contribution in [-0.4, -0.2) is 23.4 Å². The largest absolute Gasteiger partial charge is 0.465 e. The minimum absolute atomic E-state index is 0.0306. The van der Waals surface area contributed by atoms with E-state index in [9.17, 15) is 35.9 Å². The number of nitrogens with one attached hydrogen (secondary N) is 1. The number of hydrogen-bond donors (Lipinski definition) is 1. The van der Waals surface area contributed by atoms with Crippen molar-refractivity contribution in [2.24, 2.45) is 0 Å². The Hall–Kier alpha value is -4.28.